The van der Waals surface area contributed by atoms with Gasteiger partial charge in [0.1, 0.15) is 5.01 Å². The Morgan fingerprint density at radius 1 is 1.36 bits per heavy atom. The quantitative estimate of drug-likeness (QED) is 0.827. The molecule has 11 heteroatoms. The molecule has 2 rings (SSSR count). The Hall–Kier alpha value is -2.01. The number of nitrogens with zero attached hydrogens (tertiary/aromatic N) is 3. The number of carbonyl (C=O) groups is 1. The van der Waals surface area contributed by atoms with Gasteiger partial charge < -0.3 is 14.9 Å². The van der Waals surface area contributed by atoms with Gasteiger partial charge in [0.05, 0.1) is 12.0 Å². The van der Waals surface area contributed by atoms with Crippen molar-refractivity contribution in [3.8, 4) is 0 Å². The first-order valence-electron chi connectivity index (χ1n) is 7.19. The zero-order valence-electron chi connectivity index (χ0n) is 13.9. The molecular formula is C14H17F3N4O3S. The van der Waals surface area contributed by atoms with Gasteiger partial charge in [-0.2, -0.15) is 18.2 Å². The van der Waals surface area contributed by atoms with Crippen LogP contribution in [-0.2, 0) is 22.4 Å². The number of rotatable bonds is 5. The van der Waals surface area contributed by atoms with Crippen LogP contribution < -0.4 is 5.32 Å². The van der Waals surface area contributed by atoms with Crippen LogP contribution >= 0.6 is 11.3 Å². The summed E-state index contributed by atoms with van der Waals surface area (Å²) in [6, 6.07) is 0. The number of aromatic nitrogens is 3. The number of aryl methyl sites for hydroxylation is 1. The van der Waals surface area contributed by atoms with Crippen LogP contribution in [0.1, 0.15) is 43.2 Å². The van der Waals surface area contributed by atoms with Crippen LogP contribution in [0.2, 0.25) is 0 Å². The summed E-state index contributed by atoms with van der Waals surface area (Å²) in [5, 5.41) is 17.3. The van der Waals surface area contributed by atoms with Crippen molar-refractivity contribution in [3.05, 3.63) is 27.8 Å². The maximum Gasteiger partial charge on any atom is 0.424 e. The van der Waals surface area contributed by atoms with E-state index in [-0.39, 0.29) is 11.7 Å². The molecule has 2 aromatic heterocycles. The second-order valence-electron chi connectivity index (χ2n) is 6.15. The number of nitrogens with one attached hydrogen (secondary N) is 1. The van der Waals surface area contributed by atoms with Gasteiger partial charge in [0.15, 0.2) is 5.82 Å². The van der Waals surface area contributed by atoms with Crippen molar-refractivity contribution < 1.29 is 27.6 Å². The largest absolute Gasteiger partial charge is 0.424 e. The number of carbonyl (C=O) groups excluding carboxylic acids is 1. The van der Waals surface area contributed by atoms with Crippen molar-refractivity contribution in [2.45, 2.75) is 51.4 Å². The molecule has 0 radical (unpaired) electrons. The molecule has 2 N–H and O–H groups in total. The first-order valence-corrected chi connectivity index (χ1v) is 8.06. The average Bonchev–Trinajstić information content (AvgIpc) is 3.05. The van der Waals surface area contributed by atoms with Crippen LogP contribution in [0.15, 0.2) is 9.90 Å². The maximum absolute atomic E-state index is 13.5. The average molecular weight is 378 g/mol. The van der Waals surface area contributed by atoms with E-state index in [0.717, 1.165) is 0 Å². The SMILES string of the molecule is CC(=O)NC(C)(C)c1noc(CC(O)(c2nc(C)cs2)C(F)(F)F)n1. The fourth-order valence-electron chi connectivity index (χ4n) is 2.14. The molecule has 1 unspecified atom stereocenters. The van der Waals surface area contributed by atoms with E-state index in [9.17, 15) is 23.1 Å². The second kappa shape index (κ2) is 6.37. The molecule has 0 saturated carbocycles. The predicted octanol–water partition coefficient (Wildman–Crippen LogP) is 2.20. The van der Waals surface area contributed by atoms with Gasteiger partial charge in [0, 0.05) is 18.0 Å². The Kier molecular flexibility index (Phi) is 4.92. The number of thiazole rings is 1. The topological polar surface area (TPSA) is 101 Å². The lowest BCUT2D eigenvalue weighted by Crippen LogP contribution is -2.44. The van der Waals surface area contributed by atoms with Crippen LogP contribution in [0.4, 0.5) is 13.2 Å². The summed E-state index contributed by atoms with van der Waals surface area (Å²) in [4.78, 5) is 18.8. The minimum atomic E-state index is -4.99. The van der Waals surface area contributed by atoms with E-state index in [4.69, 9.17) is 4.52 Å². The smallest absolute Gasteiger partial charge is 0.374 e. The Morgan fingerprint density at radius 2 is 2.00 bits per heavy atom. The predicted molar refractivity (Wildman–Crippen MR) is 81.6 cm³/mol. The van der Waals surface area contributed by atoms with Gasteiger partial charge in [-0.1, -0.05) is 5.16 Å². The minimum Gasteiger partial charge on any atom is -0.374 e. The van der Waals surface area contributed by atoms with Crippen LogP contribution in [0, 0.1) is 6.92 Å². The molecule has 1 amide bonds. The molecule has 0 saturated heterocycles. The minimum absolute atomic E-state index is 0.00227. The van der Waals surface area contributed by atoms with Gasteiger partial charge in [-0.25, -0.2) is 4.98 Å². The molecule has 25 heavy (non-hydrogen) atoms. The van der Waals surface area contributed by atoms with Gasteiger partial charge in [0.2, 0.25) is 17.4 Å². The zero-order chi connectivity index (χ0) is 19.0. The lowest BCUT2D eigenvalue weighted by molar-refractivity contribution is -0.267. The summed E-state index contributed by atoms with van der Waals surface area (Å²) in [6.07, 6.45) is -5.97. The Labute approximate surface area is 145 Å². The summed E-state index contributed by atoms with van der Waals surface area (Å²) >= 11 is 0.695. The normalized spacial score (nSPS) is 15.0. The molecule has 2 aromatic rings. The summed E-state index contributed by atoms with van der Waals surface area (Å²) in [6.45, 7) is 5.96. The van der Waals surface area contributed by atoms with E-state index in [1.54, 1.807) is 13.8 Å². The number of hydrogen-bond donors (Lipinski definition) is 2. The van der Waals surface area contributed by atoms with E-state index in [0.29, 0.717) is 17.0 Å². The van der Waals surface area contributed by atoms with E-state index in [1.807, 2.05) is 0 Å². The van der Waals surface area contributed by atoms with E-state index < -0.39 is 34.6 Å². The van der Waals surface area contributed by atoms with Gasteiger partial charge >= 0.3 is 6.18 Å². The molecule has 2 heterocycles. The highest BCUT2D eigenvalue weighted by Crippen LogP contribution is 2.42. The van der Waals surface area contributed by atoms with Crippen LogP contribution in [0.5, 0.6) is 0 Å². The Balaban J connectivity index is 2.34. The standard InChI is InChI=1S/C14H17F3N4O3S/c1-7-6-25-11(18-7)13(23,14(15,16)17)5-9-19-10(21-24-9)12(3,4)20-8(2)22/h6,23H,5H2,1-4H3,(H,20,22). The molecular weight excluding hydrogens is 361 g/mol. The van der Waals surface area contributed by atoms with Crippen LogP contribution in [0.25, 0.3) is 0 Å². The molecule has 1 atom stereocenters. The summed E-state index contributed by atoms with van der Waals surface area (Å²) < 4.78 is 45.3. The van der Waals surface area contributed by atoms with E-state index in [1.165, 1.54) is 19.2 Å². The number of aliphatic hydroxyl groups is 1. The van der Waals surface area contributed by atoms with E-state index in [2.05, 4.69) is 20.4 Å². The van der Waals surface area contributed by atoms with Crippen molar-refractivity contribution >= 4 is 17.2 Å². The molecule has 0 aliphatic carbocycles. The molecule has 138 valence electrons. The monoisotopic (exact) mass is 378 g/mol. The lowest BCUT2D eigenvalue weighted by Gasteiger charge is -2.27. The van der Waals surface area contributed by atoms with Crippen molar-refractivity contribution in [2.75, 3.05) is 0 Å². The zero-order valence-corrected chi connectivity index (χ0v) is 14.7. The first-order chi connectivity index (χ1) is 11.3. The Bertz CT molecular complexity index is 771. The third-order valence-electron chi connectivity index (χ3n) is 3.36. The third-order valence-corrected chi connectivity index (χ3v) is 4.48. The van der Waals surface area contributed by atoms with Crippen molar-refractivity contribution in [3.63, 3.8) is 0 Å². The van der Waals surface area contributed by atoms with Gasteiger partial charge in [0.25, 0.3) is 0 Å². The molecule has 7 nitrogen and oxygen atoms in total. The number of hydrogen-bond acceptors (Lipinski definition) is 7. The van der Waals surface area contributed by atoms with Gasteiger partial charge in [-0.05, 0) is 20.8 Å². The summed E-state index contributed by atoms with van der Waals surface area (Å²) in [5.41, 5.74) is -3.92. The number of amides is 1. The number of alkyl halides is 3. The van der Waals surface area contributed by atoms with Gasteiger partial charge in [-0.15, -0.1) is 11.3 Å². The Morgan fingerprint density at radius 3 is 2.48 bits per heavy atom. The van der Waals surface area contributed by atoms with Crippen molar-refractivity contribution in [1.82, 2.24) is 20.4 Å². The molecule has 0 fully saturated rings. The van der Waals surface area contributed by atoms with Gasteiger partial charge in [-0.3, -0.25) is 4.79 Å². The molecule has 0 spiro atoms. The van der Waals surface area contributed by atoms with Crippen molar-refractivity contribution in [1.29, 1.82) is 0 Å². The van der Waals surface area contributed by atoms with Crippen molar-refractivity contribution in [2.24, 2.45) is 0 Å². The maximum atomic E-state index is 13.5. The summed E-state index contributed by atoms with van der Waals surface area (Å²) in [7, 11) is 0. The lowest BCUT2D eigenvalue weighted by atomic mass is 9.99. The molecule has 0 aliphatic rings. The molecule has 0 aromatic carbocycles. The highest BCUT2D eigenvalue weighted by Gasteiger charge is 2.58. The van der Waals surface area contributed by atoms with E-state index >= 15 is 0 Å². The highest BCUT2D eigenvalue weighted by molar-refractivity contribution is 7.09. The van der Waals surface area contributed by atoms with Crippen LogP contribution in [0.3, 0.4) is 0 Å². The second-order valence-corrected chi connectivity index (χ2v) is 7.00. The molecule has 0 bridgehead atoms. The van der Waals surface area contributed by atoms with Crippen LogP contribution in [-0.4, -0.2) is 32.3 Å². The fraction of sp³-hybridized carbons (Fsp3) is 0.571. The highest BCUT2D eigenvalue weighted by atomic mass is 32.1. The number of halogens is 3. The molecule has 0 aliphatic heterocycles. The summed E-state index contributed by atoms with van der Waals surface area (Å²) in [5.74, 6) is -0.778. The third kappa shape index (κ3) is 3.98. The fourth-order valence-corrected chi connectivity index (χ4v) is 3.05. The first kappa shape index (κ1) is 19.3.